The van der Waals surface area contributed by atoms with Gasteiger partial charge in [-0.1, -0.05) is 36.4 Å². The van der Waals surface area contributed by atoms with Crippen LogP contribution in [0, 0.1) is 6.92 Å². The number of primary amides is 1. The summed E-state index contributed by atoms with van der Waals surface area (Å²) in [6.07, 6.45) is 0. The van der Waals surface area contributed by atoms with Gasteiger partial charge < -0.3 is 11.5 Å². The van der Waals surface area contributed by atoms with Gasteiger partial charge in [0.2, 0.25) is 5.91 Å². The highest BCUT2D eigenvalue weighted by atomic mass is 16.1. The lowest BCUT2D eigenvalue weighted by Crippen LogP contribution is -2.33. The predicted octanol–water partition coefficient (Wildman–Crippen LogP) is 2.06. The maximum Gasteiger partial charge on any atom is 0.231 e. The van der Waals surface area contributed by atoms with Gasteiger partial charge in [-0.3, -0.25) is 9.69 Å². The summed E-state index contributed by atoms with van der Waals surface area (Å²) in [5.74, 6) is -0.326. The molecule has 0 fully saturated rings. The van der Waals surface area contributed by atoms with E-state index in [0.717, 1.165) is 11.3 Å². The summed E-state index contributed by atoms with van der Waals surface area (Å²) in [5, 5.41) is 0. The summed E-state index contributed by atoms with van der Waals surface area (Å²) in [5.41, 5.74) is 15.4. The minimum Gasteiger partial charge on any atom is -0.399 e. The summed E-state index contributed by atoms with van der Waals surface area (Å²) < 4.78 is 0. The highest BCUT2D eigenvalue weighted by molar-refractivity contribution is 5.75. The average molecular weight is 283 g/mol. The number of amides is 1. The molecule has 0 aromatic heterocycles. The molecule has 2 aromatic rings. The smallest absolute Gasteiger partial charge is 0.231 e. The Morgan fingerprint density at radius 1 is 1.10 bits per heavy atom. The number of hydrogen-bond acceptors (Lipinski definition) is 3. The van der Waals surface area contributed by atoms with E-state index < -0.39 is 0 Å². The molecule has 2 rings (SSSR count). The molecule has 0 bridgehead atoms. The van der Waals surface area contributed by atoms with Crippen molar-refractivity contribution in [1.82, 2.24) is 4.90 Å². The second kappa shape index (κ2) is 6.90. The lowest BCUT2D eigenvalue weighted by Gasteiger charge is -2.22. The highest BCUT2D eigenvalue weighted by Crippen LogP contribution is 2.14. The van der Waals surface area contributed by atoms with E-state index in [0.29, 0.717) is 13.1 Å². The predicted molar refractivity (Wildman–Crippen MR) is 85.3 cm³/mol. The minimum atomic E-state index is -0.326. The molecule has 1 amide bonds. The number of carbonyl (C=O) groups excluding carboxylic acids is 1. The maximum atomic E-state index is 11.3. The van der Waals surface area contributed by atoms with Gasteiger partial charge in [0, 0.05) is 18.8 Å². The number of rotatable bonds is 6. The average Bonchev–Trinajstić information content (AvgIpc) is 2.40. The molecule has 0 aliphatic rings. The number of benzene rings is 2. The number of carbonyl (C=O) groups is 1. The Hall–Kier alpha value is -2.33. The third kappa shape index (κ3) is 4.61. The van der Waals surface area contributed by atoms with Crippen LogP contribution in [0.25, 0.3) is 0 Å². The molecule has 0 aliphatic carbocycles. The van der Waals surface area contributed by atoms with Gasteiger partial charge in [0.1, 0.15) is 0 Å². The van der Waals surface area contributed by atoms with E-state index >= 15 is 0 Å². The first-order chi connectivity index (χ1) is 10.0. The molecule has 4 nitrogen and oxygen atoms in total. The molecular formula is C17H21N3O. The van der Waals surface area contributed by atoms with Gasteiger partial charge in [0.05, 0.1) is 6.54 Å². The van der Waals surface area contributed by atoms with Crippen molar-refractivity contribution in [3.05, 3.63) is 65.2 Å². The molecule has 0 spiro atoms. The first-order valence-electron chi connectivity index (χ1n) is 6.94. The van der Waals surface area contributed by atoms with Crippen LogP contribution >= 0.6 is 0 Å². The van der Waals surface area contributed by atoms with Crippen molar-refractivity contribution in [1.29, 1.82) is 0 Å². The molecule has 21 heavy (non-hydrogen) atoms. The molecule has 0 saturated carbocycles. The zero-order chi connectivity index (χ0) is 15.2. The second-order valence-electron chi connectivity index (χ2n) is 5.28. The van der Waals surface area contributed by atoms with Crippen molar-refractivity contribution >= 4 is 11.6 Å². The molecule has 0 unspecified atom stereocenters. The van der Waals surface area contributed by atoms with Crippen molar-refractivity contribution in [3.8, 4) is 0 Å². The summed E-state index contributed by atoms with van der Waals surface area (Å²) >= 11 is 0. The molecule has 0 radical (unpaired) electrons. The summed E-state index contributed by atoms with van der Waals surface area (Å²) in [4.78, 5) is 13.3. The largest absolute Gasteiger partial charge is 0.399 e. The van der Waals surface area contributed by atoms with Crippen molar-refractivity contribution in [3.63, 3.8) is 0 Å². The van der Waals surface area contributed by atoms with Crippen LogP contribution in [-0.4, -0.2) is 17.4 Å². The van der Waals surface area contributed by atoms with Gasteiger partial charge in [-0.25, -0.2) is 0 Å². The van der Waals surface area contributed by atoms with Crippen LogP contribution in [0.5, 0.6) is 0 Å². The Kier molecular flexibility index (Phi) is 4.95. The van der Waals surface area contributed by atoms with Crippen LogP contribution in [0.15, 0.2) is 48.5 Å². The topological polar surface area (TPSA) is 72.3 Å². The lowest BCUT2D eigenvalue weighted by atomic mass is 10.1. The van der Waals surface area contributed by atoms with Gasteiger partial charge in [-0.05, 0) is 35.7 Å². The Morgan fingerprint density at radius 3 is 2.52 bits per heavy atom. The third-order valence-electron chi connectivity index (χ3n) is 3.39. The quantitative estimate of drug-likeness (QED) is 0.797. The fraction of sp³-hybridized carbons (Fsp3) is 0.235. The van der Waals surface area contributed by atoms with Crippen LogP contribution in [0.3, 0.4) is 0 Å². The van der Waals surface area contributed by atoms with Gasteiger partial charge in [-0.2, -0.15) is 0 Å². The molecule has 0 atom stereocenters. The van der Waals surface area contributed by atoms with E-state index in [1.807, 2.05) is 41.3 Å². The Bertz CT molecular complexity index is 625. The number of nitrogens with zero attached hydrogens (tertiary/aromatic N) is 1. The molecule has 2 aromatic carbocycles. The zero-order valence-corrected chi connectivity index (χ0v) is 12.3. The van der Waals surface area contributed by atoms with Crippen LogP contribution in [0.2, 0.25) is 0 Å². The molecule has 0 heterocycles. The molecule has 4 N–H and O–H groups in total. The lowest BCUT2D eigenvalue weighted by molar-refractivity contribution is -0.119. The van der Waals surface area contributed by atoms with Crippen molar-refractivity contribution < 1.29 is 4.79 Å². The van der Waals surface area contributed by atoms with Crippen LogP contribution in [0.1, 0.15) is 16.7 Å². The van der Waals surface area contributed by atoms with Gasteiger partial charge in [0.25, 0.3) is 0 Å². The van der Waals surface area contributed by atoms with Gasteiger partial charge in [-0.15, -0.1) is 0 Å². The van der Waals surface area contributed by atoms with Crippen molar-refractivity contribution in [2.24, 2.45) is 5.73 Å². The van der Waals surface area contributed by atoms with E-state index in [-0.39, 0.29) is 12.5 Å². The van der Waals surface area contributed by atoms with E-state index in [1.165, 1.54) is 11.1 Å². The maximum absolute atomic E-state index is 11.3. The second-order valence-corrected chi connectivity index (χ2v) is 5.28. The minimum absolute atomic E-state index is 0.225. The number of nitrogen functional groups attached to an aromatic ring is 1. The fourth-order valence-electron chi connectivity index (χ4n) is 2.37. The summed E-state index contributed by atoms with van der Waals surface area (Å²) in [6, 6.07) is 15.8. The normalized spacial score (nSPS) is 10.8. The monoisotopic (exact) mass is 283 g/mol. The van der Waals surface area contributed by atoms with E-state index in [2.05, 4.69) is 19.1 Å². The first kappa shape index (κ1) is 15.1. The zero-order valence-electron chi connectivity index (χ0n) is 12.3. The Morgan fingerprint density at radius 2 is 1.86 bits per heavy atom. The number of aryl methyl sites for hydroxylation is 1. The molecule has 0 aliphatic heterocycles. The number of anilines is 1. The van der Waals surface area contributed by atoms with E-state index in [1.54, 1.807) is 0 Å². The van der Waals surface area contributed by atoms with Gasteiger partial charge >= 0.3 is 0 Å². The fourth-order valence-corrected chi connectivity index (χ4v) is 2.37. The van der Waals surface area contributed by atoms with E-state index in [4.69, 9.17) is 11.5 Å². The molecule has 110 valence electrons. The standard InChI is InChI=1S/C17H21N3O/c1-13-5-2-3-7-15(13)11-20(12-17(19)21)10-14-6-4-8-16(18)9-14/h2-9H,10-12,18H2,1H3,(H2,19,21). The Labute approximate surface area is 125 Å². The first-order valence-corrected chi connectivity index (χ1v) is 6.94. The van der Waals surface area contributed by atoms with Crippen molar-refractivity contribution in [2.75, 3.05) is 12.3 Å². The Balaban J connectivity index is 2.15. The third-order valence-corrected chi connectivity index (χ3v) is 3.39. The summed E-state index contributed by atoms with van der Waals surface area (Å²) in [6.45, 7) is 3.62. The van der Waals surface area contributed by atoms with Gasteiger partial charge in [0.15, 0.2) is 0 Å². The van der Waals surface area contributed by atoms with E-state index in [9.17, 15) is 4.79 Å². The molecule has 4 heteroatoms. The van der Waals surface area contributed by atoms with Crippen LogP contribution < -0.4 is 11.5 Å². The highest BCUT2D eigenvalue weighted by Gasteiger charge is 2.11. The SMILES string of the molecule is Cc1ccccc1CN(CC(N)=O)Cc1cccc(N)c1. The van der Waals surface area contributed by atoms with Crippen molar-refractivity contribution in [2.45, 2.75) is 20.0 Å². The molecule has 0 saturated heterocycles. The molecular weight excluding hydrogens is 262 g/mol. The number of hydrogen-bond donors (Lipinski definition) is 2. The van der Waals surface area contributed by atoms with Crippen LogP contribution in [0.4, 0.5) is 5.69 Å². The number of nitrogens with two attached hydrogens (primary N) is 2. The summed E-state index contributed by atoms with van der Waals surface area (Å²) in [7, 11) is 0. The van der Waals surface area contributed by atoms with Crippen LogP contribution in [-0.2, 0) is 17.9 Å².